The van der Waals surface area contributed by atoms with E-state index in [4.69, 9.17) is 5.11 Å². The Morgan fingerprint density at radius 1 is 1.36 bits per heavy atom. The molecule has 1 aromatic heterocycles. The van der Waals surface area contributed by atoms with Gasteiger partial charge in [-0.1, -0.05) is 30.4 Å². The molecular weight excluding hydrogens is 370 g/mol. The number of rotatable bonds is 9. The highest BCUT2D eigenvalue weighted by atomic mass is 19.3. The van der Waals surface area contributed by atoms with E-state index >= 15 is 0 Å². The Kier molecular flexibility index (Phi) is 7.19. The molecule has 0 aliphatic heterocycles. The van der Waals surface area contributed by atoms with Gasteiger partial charge in [0.2, 0.25) is 0 Å². The van der Waals surface area contributed by atoms with Gasteiger partial charge in [-0.2, -0.15) is 0 Å². The first-order valence-electron chi connectivity index (χ1n) is 8.60. The number of ether oxygens (including phenoxy) is 2. The zero-order valence-corrected chi connectivity index (χ0v) is 15.8. The van der Waals surface area contributed by atoms with Crippen LogP contribution in [0.25, 0.3) is 11.3 Å². The third-order valence-corrected chi connectivity index (χ3v) is 3.73. The number of alkyl halides is 2. The molecule has 150 valence electrons. The fraction of sp³-hybridized carbons (Fsp3) is 0.300. The lowest BCUT2D eigenvalue weighted by atomic mass is 10.0. The summed E-state index contributed by atoms with van der Waals surface area (Å²) in [6.07, 6.45) is -1.81. The van der Waals surface area contributed by atoms with Crippen molar-refractivity contribution in [2.45, 2.75) is 33.3 Å². The second-order valence-corrected chi connectivity index (χ2v) is 6.00. The van der Waals surface area contributed by atoms with Crippen molar-refractivity contribution in [2.75, 3.05) is 11.9 Å². The smallest absolute Gasteiger partial charge is 0.478 e. The minimum Gasteiger partial charge on any atom is -0.478 e. The summed E-state index contributed by atoms with van der Waals surface area (Å²) < 4.78 is 36.2. The van der Waals surface area contributed by atoms with Crippen molar-refractivity contribution in [3.05, 3.63) is 59.7 Å². The SMILES string of the molecule is C/C=C\COC(F)(F)OC(C)Nc1ccc(C)c(-c2cccc(C(=O)O)c2)n1. The number of aromatic nitrogens is 1. The number of benzene rings is 1. The Bertz CT molecular complexity index is 856. The number of aryl methyl sites for hydroxylation is 1. The summed E-state index contributed by atoms with van der Waals surface area (Å²) in [7, 11) is 0. The molecule has 0 bridgehead atoms. The maximum absolute atomic E-state index is 13.6. The van der Waals surface area contributed by atoms with Crippen molar-refractivity contribution in [2.24, 2.45) is 0 Å². The van der Waals surface area contributed by atoms with Crippen LogP contribution in [0.15, 0.2) is 48.6 Å². The van der Waals surface area contributed by atoms with Crippen LogP contribution in [0.5, 0.6) is 0 Å². The van der Waals surface area contributed by atoms with E-state index in [2.05, 4.69) is 19.8 Å². The number of hydrogen-bond acceptors (Lipinski definition) is 5. The number of halogens is 2. The summed E-state index contributed by atoms with van der Waals surface area (Å²) in [4.78, 5) is 15.6. The first-order chi connectivity index (χ1) is 13.2. The lowest BCUT2D eigenvalue weighted by Crippen LogP contribution is -2.33. The van der Waals surface area contributed by atoms with E-state index in [9.17, 15) is 13.6 Å². The molecule has 1 heterocycles. The van der Waals surface area contributed by atoms with Gasteiger partial charge in [-0.25, -0.2) is 9.78 Å². The number of pyridine rings is 1. The summed E-state index contributed by atoms with van der Waals surface area (Å²) in [6, 6.07) is 9.72. The molecule has 28 heavy (non-hydrogen) atoms. The van der Waals surface area contributed by atoms with Gasteiger partial charge < -0.3 is 10.4 Å². The topological polar surface area (TPSA) is 80.7 Å². The van der Waals surface area contributed by atoms with Crippen LogP contribution in [0.2, 0.25) is 0 Å². The largest absolute Gasteiger partial charge is 0.487 e. The van der Waals surface area contributed by atoms with Crippen LogP contribution >= 0.6 is 0 Å². The molecule has 8 heteroatoms. The second-order valence-electron chi connectivity index (χ2n) is 6.00. The number of carbonyl (C=O) groups is 1. The highest BCUT2D eigenvalue weighted by Crippen LogP contribution is 2.25. The molecule has 0 saturated heterocycles. The Balaban J connectivity index is 2.14. The standard InChI is InChI=1S/C20H22F2N2O4/c1-4-5-11-27-20(21,22)28-14(3)23-17-10-9-13(2)18(24-17)15-7-6-8-16(12-15)19(25)26/h4-10,12,14H,11H2,1-3H3,(H,23,24)(H,25,26)/b5-4-. The fourth-order valence-electron chi connectivity index (χ4n) is 2.42. The molecule has 0 radical (unpaired) electrons. The first kappa shape index (κ1) is 21.5. The number of carboxylic acids is 1. The van der Waals surface area contributed by atoms with E-state index in [0.29, 0.717) is 17.1 Å². The molecule has 6 nitrogen and oxygen atoms in total. The molecule has 2 aromatic rings. The normalized spacial score (nSPS) is 12.9. The lowest BCUT2D eigenvalue weighted by molar-refractivity contribution is -0.398. The number of aromatic carboxylic acids is 1. The molecular formula is C20H22F2N2O4. The summed E-state index contributed by atoms with van der Waals surface area (Å²) in [6.45, 7) is 4.64. The van der Waals surface area contributed by atoms with Crippen molar-refractivity contribution in [3.63, 3.8) is 0 Å². The Morgan fingerprint density at radius 3 is 2.79 bits per heavy atom. The van der Waals surface area contributed by atoms with Crippen LogP contribution in [0.3, 0.4) is 0 Å². The third kappa shape index (κ3) is 6.11. The molecule has 0 amide bonds. The molecule has 0 saturated carbocycles. The molecule has 0 aliphatic rings. The molecule has 0 spiro atoms. The third-order valence-electron chi connectivity index (χ3n) is 3.73. The van der Waals surface area contributed by atoms with Gasteiger partial charge in [-0.3, -0.25) is 9.47 Å². The van der Waals surface area contributed by atoms with E-state index in [-0.39, 0.29) is 12.2 Å². The van der Waals surface area contributed by atoms with Gasteiger partial charge in [0.15, 0.2) is 0 Å². The minimum absolute atomic E-state index is 0.131. The maximum Gasteiger partial charge on any atom is 0.487 e. The van der Waals surface area contributed by atoms with Crippen LogP contribution in [0.4, 0.5) is 14.6 Å². The van der Waals surface area contributed by atoms with Crippen LogP contribution in [-0.4, -0.2) is 35.2 Å². The Labute approximate surface area is 161 Å². The van der Waals surface area contributed by atoms with Crippen molar-refractivity contribution < 1.29 is 28.2 Å². The van der Waals surface area contributed by atoms with Crippen LogP contribution in [0.1, 0.15) is 29.8 Å². The molecule has 0 fully saturated rings. The zero-order chi connectivity index (χ0) is 20.7. The fourth-order valence-corrected chi connectivity index (χ4v) is 2.42. The van der Waals surface area contributed by atoms with E-state index in [1.165, 1.54) is 25.1 Å². The average Bonchev–Trinajstić information content (AvgIpc) is 2.63. The van der Waals surface area contributed by atoms with Crippen LogP contribution in [-0.2, 0) is 9.47 Å². The molecule has 0 aliphatic carbocycles. The average molecular weight is 392 g/mol. The van der Waals surface area contributed by atoms with Crippen LogP contribution in [0, 0.1) is 6.92 Å². The highest BCUT2D eigenvalue weighted by molar-refractivity contribution is 5.89. The van der Waals surface area contributed by atoms with E-state index in [1.807, 2.05) is 6.92 Å². The van der Waals surface area contributed by atoms with Gasteiger partial charge in [0.1, 0.15) is 12.0 Å². The number of allylic oxidation sites excluding steroid dienone is 1. The van der Waals surface area contributed by atoms with E-state index < -0.39 is 18.5 Å². The Morgan fingerprint density at radius 2 is 2.11 bits per heavy atom. The van der Waals surface area contributed by atoms with E-state index in [1.54, 1.807) is 37.3 Å². The van der Waals surface area contributed by atoms with Gasteiger partial charge >= 0.3 is 12.3 Å². The molecule has 2 N–H and O–H groups in total. The summed E-state index contributed by atoms with van der Waals surface area (Å²) >= 11 is 0. The van der Waals surface area contributed by atoms with Gasteiger partial charge in [0, 0.05) is 5.56 Å². The predicted molar refractivity (Wildman–Crippen MR) is 101 cm³/mol. The van der Waals surface area contributed by atoms with Crippen LogP contribution < -0.4 is 5.32 Å². The first-order valence-corrected chi connectivity index (χ1v) is 8.60. The highest BCUT2D eigenvalue weighted by Gasteiger charge is 2.34. The lowest BCUT2D eigenvalue weighted by Gasteiger charge is -2.22. The molecule has 1 atom stereocenters. The molecule has 1 unspecified atom stereocenters. The summed E-state index contributed by atoms with van der Waals surface area (Å²) in [5.74, 6) is -0.742. The number of anilines is 1. The quantitative estimate of drug-likeness (QED) is 0.477. The molecule has 1 aromatic carbocycles. The number of nitrogens with zero attached hydrogens (tertiary/aromatic N) is 1. The van der Waals surface area contributed by atoms with Gasteiger partial charge in [-0.15, -0.1) is 8.78 Å². The summed E-state index contributed by atoms with van der Waals surface area (Å²) in [5, 5.41) is 11.9. The van der Waals surface area contributed by atoms with Gasteiger partial charge in [-0.05, 0) is 44.5 Å². The van der Waals surface area contributed by atoms with Crippen molar-refractivity contribution in [3.8, 4) is 11.3 Å². The minimum atomic E-state index is -3.75. The van der Waals surface area contributed by atoms with Gasteiger partial charge in [0.05, 0.1) is 17.9 Å². The predicted octanol–water partition coefficient (Wildman–Crippen LogP) is 4.67. The zero-order valence-electron chi connectivity index (χ0n) is 15.8. The van der Waals surface area contributed by atoms with Crippen molar-refractivity contribution >= 4 is 11.8 Å². The van der Waals surface area contributed by atoms with E-state index in [0.717, 1.165) is 5.56 Å². The van der Waals surface area contributed by atoms with Crippen molar-refractivity contribution in [1.82, 2.24) is 4.98 Å². The number of hydrogen-bond donors (Lipinski definition) is 2. The van der Waals surface area contributed by atoms with Gasteiger partial charge in [0.25, 0.3) is 0 Å². The number of carboxylic acid groups (broad SMARTS) is 1. The van der Waals surface area contributed by atoms with Crippen molar-refractivity contribution in [1.29, 1.82) is 0 Å². The Hall–Kier alpha value is -2.84. The molecule has 2 rings (SSSR count). The maximum atomic E-state index is 13.6. The second kappa shape index (κ2) is 9.38. The number of nitrogens with one attached hydrogen (secondary N) is 1. The summed E-state index contributed by atoms with van der Waals surface area (Å²) in [5.41, 5.74) is 2.08. The monoisotopic (exact) mass is 392 g/mol.